The molecular formula is C12H11N3O6. The number of carbonyl (C=O) groups excluding carboxylic acids is 1. The Balaban J connectivity index is 2.22. The molecule has 110 valence electrons. The maximum absolute atomic E-state index is 11.9. The number of ether oxygens (including phenoxy) is 2. The second-order valence-corrected chi connectivity index (χ2v) is 3.83. The lowest BCUT2D eigenvalue weighted by Gasteiger charge is -2.08. The van der Waals surface area contributed by atoms with Crippen molar-refractivity contribution in [3.63, 3.8) is 0 Å². The minimum atomic E-state index is -0.585. The van der Waals surface area contributed by atoms with E-state index in [9.17, 15) is 14.9 Å². The topological polar surface area (TPSA) is 117 Å². The highest BCUT2D eigenvalue weighted by molar-refractivity contribution is 6.03. The van der Waals surface area contributed by atoms with E-state index < -0.39 is 10.8 Å². The van der Waals surface area contributed by atoms with Gasteiger partial charge in [-0.25, -0.2) is 0 Å². The fourth-order valence-corrected chi connectivity index (χ4v) is 1.54. The third kappa shape index (κ3) is 3.08. The predicted octanol–water partition coefficient (Wildman–Crippen LogP) is 1.85. The molecule has 1 amide bonds. The van der Waals surface area contributed by atoms with Crippen LogP contribution in [0.4, 0.5) is 11.4 Å². The summed E-state index contributed by atoms with van der Waals surface area (Å²) in [4.78, 5) is 22.1. The molecule has 0 bridgehead atoms. The Morgan fingerprint density at radius 2 is 2.10 bits per heavy atom. The van der Waals surface area contributed by atoms with Crippen LogP contribution in [-0.2, 0) is 0 Å². The van der Waals surface area contributed by atoms with E-state index in [-0.39, 0.29) is 28.8 Å². The molecule has 0 radical (unpaired) electrons. The largest absolute Gasteiger partial charge is 0.494 e. The van der Waals surface area contributed by atoms with E-state index in [1.54, 1.807) is 0 Å². The average molecular weight is 293 g/mol. The van der Waals surface area contributed by atoms with Gasteiger partial charge in [0.2, 0.25) is 5.76 Å². The van der Waals surface area contributed by atoms with E-state index in [1.807, 2.05) is 0 Å². The molecule has 0 saturated heterocycles. The van der Waals surface area contributed by atoms with E-state index in [0.717, 1.165) is 0 Å². The maximum atomic E-state index is 11.9. The summed E-state index contributed by atoms with van der Waals surface area (Å²) in [5, 5.41) is 16.7. The van der Waals surface area contributed by atoms with Crippen molar-refractivity contribution in [2.24, 2.45) is 0 Å². The molecule has 0 atom stereocenters. The highest BCUT2D eigenvalue weighted by atomic mass is 16.6. The van der Waals surface area contributed by atoms with Gasteiger partial charge >= 0.3 is 0 Å². The Hall–Kier alpha value is -3.10. The van der Waals surface area contributed by atoms with E-state index in [4.69, 9.17) is 14.0 Å². The molecule has 1 aromatic carbocycles. The summed E-state index contributed by atoms with van der Waals surface area (Å²) >= 11 is 0. The fraction of sp³-hybridized carbons (Fsp3) is 0.167. The van der Waals surface area contributed by atoms with E-state index in [2.05, 4.69) is 10.5 Å². The monoisotopic (exact) mass is 293 g/mol. The summed E-state index contributed by atoms with van der Waals surface area (Å²) in [5.41, 5.74) is 0.120. The summed E-state index contributed by atoms with van der Waals surface area (Å²) in [6.07, 6.45) is 0. The van der Waals surface area contributed by atoms with Gasteiger partial charge in [-0.05, 0) is 11.2 Å². The Labute approximate surface area is 118 Å². The molecule has 9 heteroatoms. The zero-order chi connectivity index (χ0) is 15.4. The number of nitrogens with zero attached hydrogens (tertiary/aromatic N) is 2. The van der Waals surface area contributed by atoms with Crippen molar-refractivity contribution in [3.05, 3.63) is 40.1 Å². The lowest BCUT2D eigenvalue weighted by molar-refractivity contribution is -0.384. The molecule has 2 rings (SSSR count). The van der Waals surface area contributed by atoms with Crippen molar-refractivity contribution < 1.29 is 23.7 Å². The van der Waals surface area contributed by atoms with Gasteiger partial charge in [0.05, 0.1) is 37.0 Å². The third-order valence-electron chi connectivity index (χ3n) is 2.57. The van der Waals surface area contributed by atoms with E-state index >= 15 is 0 Å². The SMILES string of the molecule is COc1cc(C(=O)Nc2ccc([N+](=O)[O-])cc2OC)on1. The van der Waals surface area contributed by atoms with Crippen LogP contribution in [0.2, 0.25) is 0 Å². The number of carbonyl (C=O) groups is 1. The fourth-order valence-electron chi connectivity index (χ4n) is 1.54. The number of nitro groups is 1. The molecule has 0 aliphatic carbocycles. The minimum absolute atomic E-state index is 0.0627. The summed E-state index contributed by atoms with van der Waals surface area (Å²) in [6, 6.07) is 5.13. The molecule has 0 aliphatic heterocycles. The molecule has 21 heavy (non-hydrogen) atoms. The summed E-state index contributed by atoms with van der Waals surface area (Å²) < 4.78 is 14.6. The zero-order valence-electron chi connectivity index (χ0n) is 11.2. The number of rotatable bonds is 5. The van der Waals surface area contributed by atoms with Crippen molar-refractivity contribution in [1.29, 1.82) is 0 Å². The second kappa shape index (κ2) is 5.90. The summed E-state index contributed by atoms with van der Waals surface area (Å²) in [6.45, 7) is 0. The van der Waals surface area contributed by atoms with Gasteiger partial charge in [0.25, 0.3) is 17.5 Å². The smallest absolute Gasteiger partial charge is 0.294 e. The maximum Gasteiger partial charge on any atom is 0.294 e. The zero-order valence-corrected chi connectivity index (χ0v) is 11.2. The number of nitro benzene ring substituents is 1. The molecule has 0 saturated carbocycles. The second-order valence-electron chi connectivity index (χ2n) is 3.83. The van der Waals surface area contributed by atoms with Crippen LogP contribution in [0.25, 0.3) is 0 Å². The van der Waals surface area contributed by atoms with Crippen LogP contribution in [-0.4, -0.2) is 30.2 Å². The molecule has 0 unspecified atom stereocenters. The van der Waals surface area contributed by atoms with Gasteiger partial charge in [-0.15, -0.1) is 0 Å². The van der Waals surface area contributed by atoms with Gasteiger partial charge in [0, 0.05) is 6.07 Å². The molecule has 9 nitrogen and oxygen atoms in total. The normalized spacial score (nSPS) is 10.0. The first kappa shape index (κ1) is 14.3. The molecule has 1 heterocycles. The number of anilines is 1. The molecule has 1 aromatic heterocycles. The first-order valence-electron chi connectivity index (χ1n) is 5.69. The molecule has 1 N–H and O–H groups in total. The van der Waals surface area contributed by atoms with Gasteiger partial charge in [-0.3, -0.25) is 14.9 Å². The first-order chi connectivity index (χ1) is 10.0. The number of nitrogens with one attached hydrogen (secondary N) is 1. The Morgan fingerprint density at radius 3 is 2.67 bits per heavy atom. The number of amides is 1. The quantitative estimate of drug-likeness (QED) is 0.660. The van der Waals surface area contributed by atoms with Crippen molar-refractivity contribution in [3.8, 4) is 11.6 Å². The summed E-state index contributed by atoms with van der Waals surface area (Å²) in [5.74, 6) is -0.329. The van der Waals surface area contributed by atoms with Gasteiger partial charge < -0.3 is 19.3 Å². The van der Waals surface area contributed by atoms with Crippen LogP contribution < -0.4 is 14.8 Å². The highest BCUT2D eigenvalue weighted by Gasteiger charge is 2.17. The molecular weight excluding hydrogens is 282 g/mol. The van der Waals surface area contributed by atoms with Crippen LogP contribution in [0.1, 0.15) is 10.6 Å². The van der Waals surface area contributed by atoms with Gasteiger partial charge in [-0.1, -0.05) is 0 Å². The minimum Gasteiger partial charge on any atom is -0.494 e. The van der Waals surface area contributed by atoms with Crippen molar-refractivity contribution in [2.75, 3.05) is 19.5 Å². The Kier molecular flexibility index (Phi) is 4.02. The number of non-ortho nitro benzene ring substituents is 1. The molecule has 0 fully saturated rings. The highest BCUT2D eigenvalue weighted by Crippen LogP contribution is 2.29. The standard InChI is InChI=1S/C12H11N3O6/c1-19-9-5-7(15(17)18)3-4-8(9)13-12(16)10-6-11(20-2)14-21-10/h3-6H,1-2H3,(H,13,16). The van der Waals surface area contributed by atoms with Crippen molar-refractivity contribution >= 4 is 17.3 Å². The number of hydrogen-bond donors (Lipinski definition) is 1. The Bertz CT molecular complexity index is 681. The number of hydrogen-bond acceptors (Lipinski definition) is 7. The molecule has 0 aliphatic rings. The lowest BCUT2D eigenvalue weighted by Crippen LogP contribution is -2.11. The van der Waals surface area contributed by atoms with Gasteiger partial charge in [-0.2, -0.15) is 0 Å². The van der Waals surface area contributed by atoms with E-state index in [0.29, 0.717) is 0 Å². The summed E-state index contributed by atoms with van der Waals surface area (Å²) in [7, 11) is 2.73. The van der Waals surface area contributed by atoms with Gasteiger partial charge in [0.1, 0.15) is 5.75 Å². The molecule has 2 aromatic rings. The van der Waals surface area contributed by atoms with E-state index in [1.165, 1.54) is 38.5 Å². The molecule has 0 spiro atoms. The number of benzene rings is 1. The van der Waals surface area contributed by atoms with Crippen LogP contribution >= 0.6 is 0 Å². The van der Waals surface area contributed by atoms with Crippen LogP contribution in [0.15, 0.2) is 28.8 Å². The van der Waals surface area contributed by atoms with Crippen molar-refractivity contribution in [1.82, 2.24) is 5.16 Å². The Morgan fingerprint density at radius 1 is 1.33 bits per heavy atom. The average Bonchev–Trinajstić information content (AvgIpc) is 2.96. The third-order valence-corrected chi connectivity index (χ3v) is 2.57. The van der Waals surface area contributed by atoms with Crippen LogP contribution in [0.3, 0.4) is 0 Å². The first-order valence-corrected chi connectivity index (χ1v) is 5.69. The van der Waals surface area contributed by atoms with Gasteiger partial charge in [0.15, 0.2) is 0 Å². The lowest BCUT2D eigenvalue weighted by atomic mass is 10.2. The van der Waals surface area contributed by atoms with Crippen molar-refractivity contribution in [2.45, 2.75) is 0 Å². The van der Waals surface area contributed by atoms with Crippen LogP contribution in [0, 0.1) is 10.1 Å². The number of methoxy groups -OCH3 is 2. The van der Waals surface area contributed by atoms with Crippen LogP contribution in [0.5, 0.6) is 11.6 Å². The predicted molar refractivity (Wildman–Crippen MR) is 70.7 cm³/mol. The number of aromatic nitrogens is 1.